The summed E-state index contributed by atoms with van der Waals surface area (Å²) in [7, 11) is 2.91. The summed E-state index contributed by atoms with van der Waals surface area (Å²) in [4.78, 5) is 39.0. The van der Waals surface area contributed by atoms with E-state index in [2.05, 4.69) is 15.0 Å². The van der Waals surface area contributed by atoms with Gasteiger partial charge in [0.1, 0.15) is 17.2 Å². The number of hydrogen-bond acceptors (Lipinski definition) is 9. The molecule has 0 radical (unpaired) electrons. The van der Waals surface area contributed by atoms with Crippen LogP contribution in [0, 0.1) is 13.8 Å². The second-order valence-corrected chi connectivity index (χ2v) is 9.28. The Labute approximate surface area is 205 Å². The fourth-order valence-electron chi connectivity index (χ4n) is 3.92. The monoisotopic (exact) mass is 492 g/mol. The number of aromatic nitrogens is 4. The summed E-state index contributed by atoms with van der Waals surface area (Å²) in [6.07, 6.45) is 1.92. The first-order valence-electron chi connectivity index (χ1n) is 11.1. The van der Waals surface area contributed by atoms with Crippen molar-refractivity contribution in [3.05, 3.63) is 63.4 Å². The van der Waals surface area contributed by atoms with Crippen molar-refractivity contribution in [2.45, 2.75) is 43.6 Å². The number of benzene rings is 1. The highest BCUT2D eigenvalue weighted by atomic mass is 32.2. The summed E-state index contributed by atoms with van der Waals surface area (Å²) in [6, 6.07) is 9.25. The molecule has 3 aromatic heterocycles. The third kappa shape index (κ3) is 4.41. The van der Waals surface area contributed by atoms with Gasteiger partial charge in [-0.05, 0) is 57.0 Å². The van der Waals surface area contributed by atoms with Crippen LogP contribution in [0.4, 0.5) is 0 Å². The van der Waals surface area contributed by atoms with Gasteiger partial charge in [-0.2, -0.15) is 4.98 Å². The van der Waals surface area contributed by atoms with E-state index in [1.165, 1.54) is 18.9 Å². The molecule has 0 atom stereocenters. The number of ether oxygens (including phenoxy) is 2. The number of carbonyl (C=O) groups is 1. The summed E-state index contributed by atoms with van der Waals surface area (Å²) < 4.78 is 18.0. The molecular formula is C25H24N4O5S. The maximum atomic E-state index is 13.0. The first-order valence-corrected chi connectivity index (χ1v) is 12.1. The van der Waals surface area contributed by atoms with E-state index in [4.69, 9.17) is 13.9 Å². The predicted octanol–water partition coefficient (Wildman–Crippen LogP) is 4.49. The van der Waals surface area contributed by atoms with Gasteiger partial charge in [0.15, 0.2) is 5.16 Å². The van der Waals surface area contributed by atoms with Gasteiger partial charge in [-0.25, -0.2) is 14.8 Å². The van der Waals surface area contributed by atoms with Crippen molar-refractivity contribution in [3.8, 4) is 17.2 Å². The van der Waals surface area contributed by atoms with Crippen LogP contribution in [0.3, 0.4) is 0 Å². The van der Waals surface area contributed by atoms with Gasteiger partial charge in [0.2, 0.25) is 5.89 Å². The maximum Gasteiger partial charge on any atom is 0.338 e. The zero-order valence-corrected chi connectivity index (χ0v) is 20.6. The van der Waals surface area contributed by atoms with Crippen LogP contribution in [-0.4, -0.2) is 39.7 Å². The molecule has 5 rings (SSSR count). The topological polar surface area (TPSA) is 109 Å². The summed E-state index contributed by atoms with van der Waals surface area (Å²) in [5, 5.41) is 0.741. The van der Waals surface area contributed by atoms with Crippen LogP contribution < -0.4 is 10.3 Å². The molecule has 0 aliphatic heterocycles. The normalized spacial score (nSPS) is 13.3. The molecule has 0 unspecified atom stereocenters. The third-order valence-corrected chi connectivity index (χ3v) is 6.82. The van der Waals surface area contributed by atoms with Gasteiger partial charge in [0, 0.05) is 23.1 Å². The number of carbonyl (C=O) groups excluding carboxylic acids is 1. The summed E-state index contributed by atoms with van der Waals surface area (Å²) in [6.45, 7) is 3.66. The van der Waals surface area contributed by atoms with Crippen LogP contribution >= 0.6 is 11.8 Å². The van der Waals surface area contributed by atoms with Crippen LogP contribution in [0.5, 0.6) is 5.75 Å². The Morgan fingerprint density at radius 2 is 1.89 bits per heavy atom. The van der Waals surface area contributed by atoms with Gasteiger partial charge < -0.3 is 18.5 Å². The number of esters is 1. The first kappa shape index (κ1) is 23.1. The quantitative estimate of drug-likeness (QED) is 0.209. The van der Waals surface area contributed by atoms with Gasteiger partial charge in [0.25, 0.3) is 5.56 Å². The third-order valence-electron chi connectivity index (χ3n) is 5.86. The Morgan fingerprint density at radius 1 is 1.14 bits per heavy atom. The van der Waals surface area contributed by atoms with E-state index < -0.39 is 11.5 Å². The highest BCUT2D eigenvalue weighted by molar-refractivity contribution is 7.98. The molecule has 1 fully saturated rings. The van der Waals surface area contributed by atoms with Gasteiger partial charge in [-0.1, -0.05) is 11.8 Å². The minimum Gasteiger partial charge on any atom is -0.497 e. The number of nitrogens with zero attached hydrogens (tertiary/aromatic N) is 4. The molecule has 180 valence electrons. The van der Waals surface area contributed by atoms with E-state index in [1.54, 1.807) is 20.1 Å². The van der Waals surface area contributed by atoms with Crippen molar-refractivity contribution in [2.24, 2.45) is 0 Å². The number of aryl methyl sites for hydroxylation is 2. The van der Waals surface area contributed by atoms with Crippen molar-refractivity contribution >= 4 is 28.8 Å². The van der Waals surface area contributed by atoms with Crippen LogP contribution in [0.25, 0.3) is 22.5 Å². The van der Waals surface area contributed by atoms with E-state index in [0.29, 0.717) is 33.9 Å². The second-order valence-electron chi connectivity index (χ2n) is 8.34. The molecule has 0 amide bonds. The molecular weight excluding hydrogens is 468 g/mol. The molecule has 0 bridgehead atoms. The largest absolute Gasteiger partial charge is 0.497 e. The number of thioether (sulfide) groups is 1. The van der Waals surface area contributed by atoms with Crippen molar-refractivity contribution in [3.63, 3.8) is 0 Å². The minimum atomic E-state index is -0.577. The predicted molar refractivity (Wildman–Crippen MR) is 131 cm³/mol. The zero-order chi connectivity index (χ0) is 24.7. The van der Waals surface area contributed by atoms with Gasteiger partial charge >= 0.3 is 5.97 Å². The minimum absolute atomic E-state index is 0.182. The number of oxazole rings is 1. The van der Waals surface area contributed by atoms with Gasteiger partial charge in [-0.3, -0.25) is 4.79 Å². The summed E-state index contributed by atoms with van der Waals surface area (Å²) >= 11 is 1.41. The Kier molecular flexibility index (Phi) is 6.06. The molecule has 10 heteroatoms. The molecule has 1 aliphatic carbocycles. The first-order chi connectivity index (χ1) is 16.9. The van der Waals surface area contributed by atoms with Gasteiger partial charge in [0.05, 0.1) is 30.9 Å². The fourth-order valence-corrected chi connectivity index (χ4v) is 4.97. The van der Waals surface area contributed by atoms with Crippen molar-refractivity contribution in [1.29, 1.82) is 0 Å². The standard InChI is InChI=1S/C25H24N4O5S/c1-13-11-18(24(31)33-4)20-21(26-13)29(16-7-8-16)25(28-22(20)30)35-12-19-14(2)34-23(27-19)15-5-9-17(32-3)10-6-15/h5-6,9-11,16H,7-8,12H2,1-4H3. The zero-order valence-electron chi connectivity index (χ0n) is 19.8. The highest BCUT2D eigenvalue weighted by Crippen LogP contribution is 2.40. The molecule has 0 spiro atoms. The summed E-state index contributed by atoms with van der Waals surface area (Å²) in [5.41, 5.74) is 2.40. The maximum absolute atomic E-state index is 13.0. The second kappa shape index (κ2) is 9.18. The molecule has 35 heavy (non-hydrogen) atoms. The lowest BCUT2D eigenvalue weighted by atomic mass is 10.1. The smallest absolute Gasteiger partial charge is 0.338 e. The Morgan fingerprint density at radius 3 is 2.54 bits per heavy atom. The number of methoxy groups -OCH3 is 2. The van der Waals surface area contributed by atoms with Crippen LogP contribution in [0.2, 0.25) is 0 Å². The SMILES string of the molecule is COC(=O)c1cc(C)nc2c1c(=O)nc(SCc1nc(-c3ccc(OC)cc3)oc1C)n2C1CC1. The lowest BCUT2D eigenvalue weighted by Crippen LogP contribution is -2.20. The molecule has 1 saturated carbocycles. The lowest BCUT2D eigenvalue weighted by molar-refractivity contribution is 0.0602. The number of rotatable bonds is 7. The molecule has 4 aromatic rings. The molecule has 1 aromatic carbocycles. The van der Waals surface area contributed by atoms with Crippen molar-refractivity contribution in [1.82, 2.24) is 19.5 Å². The van der Waals surface area contributed by atoms with Crippen LogP contribution in [0.15, 0.2) is 44.7 Å². The lowest BCUT2D eigenvalue weighted by Gasteiger charge is -2.15. The molecule has 9 nitrogen and oxygen atoms in total. The molecule has 0 N–H and O–H groups in total. The van der Waals surface area contributed by atoms with E-state index in [-0.39, 0.29) is 17.0 Å². The average molecular weight is 493 g/mol. The molecule has 3 heterocycles. The average Bonchev–Trinajstić information content (AvgIpc) is 3.62. The van der Waals surface area contributed by atoms with Crippen molar-refractivity contribution < 1.29 is 18.7 Å². The van der Waals surface area contributed by atoms with E-state index in [1.807, 2.05) is 35.8 Å². The van der Waals surface area contributed by atoms with Crippen molar-refractivity contribution in [2.75, 3.05) is 14.2 Å². The van der Waals surface area contributed by atoms with E-state index in [0.717, 1.165) is 29.8 Å². The number of fused-ring (bicyclic) bond motifs is 1. The van der Waals surface area contributed by atoms with E-state index >= 15 is 0 Å². The number of hydrogen-bond donors (Lipinski definition) is 0. The van der Waals surface area contributed by atoms with Crippen LogP contribution in [0.1, 0.15) is 46.4 Å². The Balaban J connectivity index is 1.51. The Hall–Kier alpha value is -3.66. The van der Waals surface area contributed by atoms with E-state index in [9.17, 15) is 9.59 Å². The number of pyridine rings is 1. The highest BCUT2D eigenvalue weighted by Gasteiger charge is 2.30. The summed E-state index contributed by atoms with van der Waals surface area (Å²) in [5.74, 6) is 1.86. The molecule has 0 saturated heterocycles. The Bertz CT molecular complexity index is 1490. The van der Waals surface area contributed by atoms with Gasteiger partial charge in [-0.15, -0.1) is 0 Å². The van der Waals surface area contributed by atoms with Crippen LogP contribution in [-0.2, 0) is 10.5 Å². The fraction of sp³-hybridized carbons (Fsp3) is 0.320. The molecule has 1 aliphatic rings.